The number of hydrogen-bond donors (Lipinski definition) is 2. The standard InChI is InChI=1S/C15H11BrN2O3/c1-8-2-4-10(12(16)6-8)14-17-15(21-18-14)11-7-9(19)3-5-13(11)20/h2-7,19-20H,1H3. The van der Waals surface area contributed by atoms with Crippen molar-refractivity contribution in [3.63, 3.8) is 0 Å². The van der Waals surface area contributed by atoms with Crippen molar-refractivity contribution in [1.82, 2.24) is 10.1 Å². The Kier molecular flexibility index (Phi) is 3.39. The molecule has 0 aliphatic carbocycles. The molecule has 21 heavy (non-hydrogen) atoms. The number of hydrogen-bond acceptors (Lipinski definition) is 5. The van der Waals surface area contributed by atoms with E-state index in [1.165, 1.54) is 18.2 Å². The van der Waals surface area contributed by atoms with Crippen molar-refractivity contribution >= 4 is 15.9 Å². The zero-order chi connectivity index (χ0) is 15.0. The summed E-state index contributed by atoms with van der Waals surface area (Å²) in [5, 5.41) is 23.2. The Hall–Kier alpha value is -2.34. The molecule has 0 fully saturated rings. The molecule has 2 aromatic carbocycles. The van der Waals surface area contributed by atoms with Gasteiger partial charge in [0.05, 0.1) is 5.56 Å². The van der Waals surface area contributed by atoms with E-state index >= 15 is 0 Å². The molecule has 0 aliphatic rings. The summed E-state index contributed by atoms with van der Waals surface area (Å²) in [6.07, 6.45) is 0. The first-order valence-electron chi connectivity index (χ1n) is 6.17. The first kappa shape index (κ1) is 13.6. The van der Waals surface area contributed by atoms with E-state index in [4.69, 9.17) is 4.52 Å². The molecule has 0 bridgehead atoms. The fraction of sp³-hybridized carbons (Fsp3) is 0.0667. The van der Waals surface area contributed by atoms with Crippen LogP contribution in [0.2, 0.25) is 0 Å². The van der Waals surface area contributed by atoms with Gasteiger partial charge in [-0.1, -0.05) is 27.2 Å². The van der Waals surface area contributed by atoms with Crippen molar-refractivity contribution in [2.75, 3.05) is 0 Å². The van der Waals surface area contributed by atoms with Crippen molar-refractivity contribution in [1.29, 1.82) is 0 Å². The first-order chi connectivity index (χ1) is 10.0. The van der Waals surface area contributed by atoms with E-state index in [-0.39, 0.29) is 23.0 Å². The highest BCUT2D eigenvalue weighted by Crippen LogP contribution is 2.33. The largest absolute Gasteiger partial charge is 0.508 e. The van der Waals surface area contributed by atoms with Crippen molar-refractivity contribution in [2.45, 2.75) is 6.92 Å². The number of aromatic hydroxyl groups is 2. The summed E-state index contributed by atoms with van der Waals surface area (Å²) < 4.78 is 6.03. The van der Waals surface area contributed by atoms with Crippen LogP contribution in [0, 0.1) is 6.92 Å². The number of halogens is 1. The summed E-state index contributed by atoms with van der Waals surface area (Å²) >= 11 is 3.46. The summed E-state index contributed by atoms with van der Waals surface area (Å²) in [6, 6.07) is 9.91. The van der Waals surface area contributed by atoms with Crippen molar-refractivity contribution < 1.29 is 14.7 Å². The van der Waals surface area contributed by atoms with Crippen LogP contribution in [0.1, 0.15) is 5.56 Å². The van der Waals surface area contributed by atoms with Crippen LogP contribution in [0.3, 0.4) is 0 Å². The molecule has 3 rings (SSSR count). The lowest BCUT2D eigenvalue weighted by Crippen LogP contribution is -1.84. The molecule has 2 N–H and O–H groups in total. The lowest BCUT2D eigenvalue weighted by Gasteiger charge is -2.00. The van der Waals surface area contributed by atoms with E-state index in [9.17, 15) is 10.2 Å². The minimum absolute atomic E-state index is 0.0130. The normalized spacial score (nSPS) is 10.8. The van der Waals surface area contributed by atoms with Crippen LogP contribution in [0.4, 0.5) is 0 Å². The zero-order valence-corrected chi connectivity index (χ0v) is 12.6. The van der Waals surface area contributed by atoms with Crippen LogP contribution in [-0.4, -0.2) is 20.4 Å². The second kappa shape index (κ2) is 5.21. The van der Waals surface area contributed by atoms with Gasteiger partial charge < -0.3 is 14.7 Å². The van der Waals surface area contributed by atoms with Gasteiger partial charge in [0.15, 0.2) is 0 Å². The molecule has 5 nitrogen and oxygen atoms in total. The molecular weight excluding hydrogens is 336 g/mol. The van der Waals surface area contributed by atoms with Gasteiger partial charge in [0.1, 0.15) is 11.5 Å². The SMILES string of the molecule is Cc1ccc(-c2noc(-c3cc(O)ccc3O)n2)c(Br)c1. The van der Waals surface area contributed by atoms with Crippen LogP contribution in [0.5, 0.6) is 11.5 Å². The molecule has 0 saturated heterocycles. The fourth-order valence-electron chi connectivity index (χ4n) is 1.94. The van der Waals surface area contributed by atoms with Gasteiger partial charge in [0.25, 0.3) is 5.89 Å². The van der Waals surface area contributed by atoms with Crippen molar-refractivity contribution in [3.05, 3.63) is 46.4 Å². The quantitative estimate of drug-likeness (QED) is 0.688. The number of phenolic OH excluding ortho intramolecular Hbond substituents is 2. The molecule has 0 unspecified atom stereocenters. The fourth-order valence-corrected chi connectivity index (χ4v) is 2.61. The maximum atomic E-state index is 9.81. The van der Waals surface area contributed by atoms with Gasteiger partial charge >= 0.3 is 0 Å². The summed E-state index contributed by atoms with van der Waals surface area (Å²) in [4.78, 5) is 4.26. The smallest absolute Gasteiger partial charge is 0.262 e. The van der Waals surface area contributed by atoms with Gasteiger partial charge in [-0.05, 0) is 42.8 Å². The Balaban J connectivity index is 2.06. The number of phenols is 2. The van der Waals surface area contributed by atoms with Crippen LogP contribution in [0.25, 0.3) is 22.8 Å². The van der Waals surface area contributed by atoms with Crippen LogP contribution < -0.4 is 0 Å². The average molecular weight is 347 g/mol. The van der Waals surface area contributed by atoms with E-state index in [1.54, 1.807) is 0 Å². The first-order valence-corrected chi connectivity index (χ1v) is 6.96. The van der Waals surface area contributed by atoms with Crippen LogP contribution >= 0.6 is 15.9 Å². The van der Waals surface area contributed by atoms with Crippen molar-refractivity contribution in [2.24, 2.45) is 0 Å². The van der Waals surface area contributed by atoms with Crippen LogP contribution in [0.15, 0.2) is 45.4 Å². The highest BCUT2D eigenvalue weighted by atomic mass is 79.9. The molecule has 0 amide bonds. The highest BCUT2D eigenvalue weighted by molar-refractivity contribution is 9.10. The predicted octanol–water partition coefficient (Wildman–Crippen LogP) is 3.89. The second-order valence-electron chi connectivity index (χ2n) is 4.61. The van der Waals surface area contributed by atoms with Gasteiger partial charge in [0, 0.05) is 10.0 Å². The van der Waals surface area contributed by atoms with E-state index in [2.05, 4.69) is 26.1 Å². The van der Waals surface area contributed by atoms with E-state index in [1.807, 2.05) is 25.1 Å². The molecular formula is C15H11BrN2O3. The van der Waals surface area contributed by atoms with E-state index in [0.29, 0.717) is 5.82 Å². The topological polar surface area (TPSA) is 79.4 Å². The molecule has 0 radical (unpaired) electrons. The maximum Gasteiger partial charge on any atom is 0.262 e. The molecule has 0 spiro atoms. The molecule has 0 aliphatic heterocycles. The number of nitrogens with zero attached hydrogens (tertiary/aromatic N) is 2. The van der Waals surface area contributed by atoms with E-state index in [0.717, 1.165) is 15.6 Å². The summed E-state index contributed by atoms with van der Waals surface area (Å²) in [5.74, 6) is 0.524. The summed E-state index contributed by atoms with van der Waals surface area (Å²) in [7, 11) is 0. The number of aryl methyl sites for hydroxylation is 1. The molecule has 0 atom stereocenters. The lowest BCUT2D eigenvalue weighted by atomic mass is 10.1. The average Bonchev–Trinajstić information content (AvgIpc) is 2.91. The number of benzene rings is 2. The number of aromatic nitrogens is 2. The number of rotatable bonds is 2. The van der Waals surface area contributed by atoms with E-state index < -0.39 is 0 Å². The second-order valence-corrected chi connectivity index (χ2v) is 5.46. The van der Waals surface area contributed by atoms with Gasteiger partial charge in [-0.25, -0.2) is 0 Å². The Bertz CT molecular complexity index is 814. The van der Waals surface area contributed by atoms with Crippen molar-refractivity contribution in [3.8, 4) is 34.3 Å². The highest BCUT2D eigenvalue weighted by Gasteiger charge is 2.16. The predicted molar refractivity (Wildman–Crippen MR) is 80.9 cm³/mol. The third-order valence-electron chi connectivity index (χ3n) is 3.00. The summed E-state index contributed by atoms with van der Waals surface area (Å²) in [5.41, 5.74) is 2.19. The molecule has 106 valence electrons. The monoisotopic (exact) mass is 346 g/mol. The molecule has 1 heterocycles. The third-order valence-corrected chi connectivity index (χ3v) is 3.66. The minimum Gasteiger partial charge on any atom is -0.508 e. The Morgan fingerprint density at radius 2 is 1.86 bits per heavy atom. The third kappa shape index (κ3) is 2.62. The molecule has 0 saturated carbocycles. The van der Waals surface area contributed by atoms with Gasteiger partial charge in [-0.3, -0.25) is 0 Å². The van der Waals surface area contributed by atoms with Gasteiger partial charge in [-0.15, -0.1) is 0 Å². The molecule has 1 aromatic heterocycles. The summed E-state index contributed by atoms with van der Waals surface area (Å²) in [6.45, 7) is 1.99. The maximum absolute atomic E-state index is 9.81. The minimum atomic E-state index is -0.0361. The van der Waals surface area contributed by atoms with Gasteiger partial charge in [0.2, 0.25) is 5.82 Å². The molecule has 3 aromatic rings. The lowest BCUT2D eigenvalue weighted by molar-refractivity contribution is 0.423. The van der Waals surface area contributed by atoms with Crippen LogP contribution in [-0.2, 0) is 0 Å². The Morgan fingerprint density at radius 3 is 2.62 bits per heavy atom. The Morgan fingerprint density at radius 1 is 1.05 bits per heavy atom. The zero-order valence-electron chi connectivity index (χ0n) is 11.0. The Labute approximate surface area is 129 Å². The van der Waals surface area contributed by atoms with Gasteiger partial charge in [-0.2, -0.15) is 4.98 Å². The molecule has 6 heteroatoms.